The van der Waals surface area contributed by atoms with Crippen LogP contribution in [0.2, 0.25) is 0 Å². The van der Waals surface area contributed by atoms with E-state index in [-0.39, 0.29) is 12.1 Å². The molecular weight excluding hydrogens is 226 g/mol. The molecule has 0 heterocycles. The van der Waals surface area contributed by atoms with Crippen LogP contribution >= 0.6 is 0 Å². The molecule has 18 heavy (non-hydrogen) atoms. The lowest BCUT2D eigenvalue weighted by molar-refractivity contribution is 0.000229. The van der Waals surface area contributed by atoms with Crippen LogP contribution in [0, 0.1) is 5.92 Å². The largest absolute Gasteiger partial charge is 0.458 e. The van der Waals surface area contributed by atoms with Crippen LogP contribution in [0.1, 0.15) is 42.5 Å². The molecule has 0 amide bonds. The molecule has 2 rings (SSSR count). The quantitative estimate of drug-likeness (QED) is 0.832. The first-order valence-corrected chi connectivity index (χ1v) is 6.77. The molecule has 0 aromatic heterocycles. The van der Waals surface area contributed by atoms with Crippen LogP contribution < -0.4 is 5.73 Å². The van der Waals surface area contributed by atoms with Crippen molar-refractivity contribution in [3.05, 3.63) is 35.9 Å². The molecule has 0 unspecified atom stereocenters. The Labute approximate surface area is 108 Å². The van der Waals surface area contributed by atoms with Gasteiger partial charge in [0.15, 0.2) is 0 Å². The van der Waals surface area contributed by atoms with Crippen LogP contribution in [0.15, 0.2) is 30.3 Å². The summed E-state index contributed by atoms with van der Waals surface area (Å²) in [5.74, 6) is 0.237. The van der Waals surface area contributed by atoms with Gasteiger partial charge in [0, 0.05) is 0 Å². The van der Waals surface area contributed by atoms with Crippen molar-refractivity contribution in [3.8, 4) is 0 Å². The summed E-state index contributed by atoms with van der Waals surface area (Å²) in [6.45, 7) is 0.671. The molecule has 0 spiro atoms. The first-order chi connectivity index (χ1) is 8.81. The van der Waals surface area contributed by atoms with E-state index >= 15 is 0 Å². The van der Waals surface area contributed by atoms with Gasteiger partial charge in [0.25, 0.3) is 0 Å². The lowest BCUT2D eigenvalue weighted by Gasteiger charge is -2.30. The van der Waals surface area contributed by atoms with E-state index in [9.17, 15) is 4.79 Å². The molecule has 1 aromatic rings. The fourth-order valence-corrected chi connectivity index (χ4v) is 2.65. The normalized spacial score (nSPS) is 23.6. The van der Waals surface area contributed by atoms with Crippen molar-refractivity contribution in [1.29, 1.82) is 0 Å². The number of hydrogen-bond donors (Lipinski definition) is 1. The molecule has 3 heteroatoms. The fourth-order valence-electron chi connectivity index (χ4n) is 2.65. The van der Waals surface area contributed by atoms with Crippen LogP contribution in [-0.2, 0) is 4.74 Å². The Morgan fingerprint density at radius 3 is 2.67 bits per heavy atom. The van der Waals surface area contributed by atoms with Crippen LogP contribution in [0.4, 0.5) is 0 Å². The van der Waals surface area contributed by atoms with Gasteiger partial charge in [0.1, 0.15) is 6.10 Å². The van der Waals surface area contributed by atoms with E-state index in [0.29, 0.717) is 18.0 Å². The Balaban J connectivity index is 1.96. The topological polar surface area (TPSA) is 52.3 Å². The molecule has 2 N–H and O–H groups in total. The molecule has 0 saturated heterocycles. The summed E-state index contributed by atoms with van der Waals surface area (Å²) in [5, 5.41) is 0. The summed E-state index contributed by atoms with van der Waals surface area (Å²) >= 11 is 0. The second-order valence-electron chi connectivity index (χ2n) is 4.93. The van der Waals surface area contributed by atoms with E-state index in [1.807, 2.05) is 18.2 Å². The van der Waals surface area contributed by atoms with E-state index < -0.39 is 0 Å². The minimum absolute atomic E-state index is 0.0509. The van der Waals surface area contributed by atoms with Crippen LogP contribution in [0.5, 0.6) is 0 Å². The van der Waals surface area contributed by atoms with Gasteiger partial charge in [-0.1, -0.05) is 24.6 Å². The van der Waals surface area contributed by atoms with Gasteiger partial charge in [-0.3, -0.25) is 0 Å². The van der Waals surface area contributed by atoms with Gasteiger partial charge in [-0.2, -0.15) is 0 Å². The first kappa shape index (κ1) is 13.1. The number of benzene rings is 1. The molecular formula is C15H21NO2. The zero-order chi connectivity index (χ0) is 12.8. The minimum Gasteiger partial charge on any atom is -0.458 e. The van der Waals surface area contributed by atoms with Crippen molar-refractivity contribution in [3.63, 3.8) is 0 Å². The van der Waals surface area contributed by atoms with Crippen LogP contribution in [-0.4, -0.2) is 18.6 Å². The van der Waals surface area contributed by atoms with Crippen molar-refractivity contribution in [2.75, 3.05) is 6.54 Å². The van der Waals surface area contributed by atoms with Crippen molar-refractivity contribution >= 4 is 5.97 Å². The molecule has 2 atom stereocenters. The second kappa shape index (κ2) is 6.55. The minimum atomic E-state index is -0.204. The molecule has 3 nitrogen and oxygen atoms in total. The standard InChI is InChI=1S/C15H21NO2/c16-11-10-12-6-4-5-9-14(12)18-15(17)13-7-2-1-3-8-13/h1-3,7-8,12,14H,4-6,9-11,16H2/t12-,14+/m0/s1. The highest BCUT2D eigenvalue weighted by atomic mass is 16.5. The molecule has 98 valence electrons. The molecule has 0 aliphatic heterocycles. The number of hydrogen-bond acceptors (Lipinski definition) is 3. The third-order valence-corrected chi connectivity index (χ3v) is 3.64. The first-order valence-electron chi connectivity index (χ1n) is 6.77. The lowest BCUT2D eigenvalue weighted by Crippen LogP contribution is -2.31. The summed E-state index contributed by atoms with van der Waals surface area (Å²) in [5.41, 5.74) is 6.26. The summed E-state index contributed by atoms with van der Waals surface area (Å²) < 4.78 is 5.65. The molecule has 1 saturated carbocycles. The Hall–Kier alpha value is -1.35. The van der Waals surface area contributed by atoms with E-state index in [4.69, 9.17) is 10.5 Å². The number of ether oxygens (including phenoxy) is 1. The summed E-state index contributed by atoms with van der Waals surface area (Å²) in [6, 6.07) is 9.20. The highest BCUT2D eigenvalue weighted by Gasteiger charge is 2.27. The van der Waals surface area contributed by atoms with E-state index in [0.717, 1.165) is 25.7 Å². The molecule has 0 bridgehead atoms. The number of carbonyl (C=O) groups is 1. The highest BCUT2D eigenvalue weighted by molar-refractivity contribution is 5.89. The maximum absolute atomic E-state index is 12.0. The van der Waals surface area contributed by atoms with Gasteiger partial charge < -0.3 is 10.5 Å². The molecule has 1 aliphatic carbocycles. The van der Waals surface area contributed by atoms with Crippen LogP contribution in [0.3, 0.4) is 0 Å². The van der Waals surface area contributed by atoms with Gasteiger partial charge in [-0.05, 0) is 50.3 Å². The van der Waals surface area contributed by atoms with E-state index in [2.05, 4.69) is 0 Å². The van der Waals surface area contributed by atoms with Gasteiger partial charge in [-0.25, -0.2) is 4.79 Å². The zero-order valence-corrected chi connectivity index (χ0v) is 10.7. The predicted molar refractivity (Wildman–Crippen MR) is 71.3 cm³/mol. The van der Waals surface area contributed by atoms with Crippen molar-refractivity contribution in [2.45, 2.75) is 38.2 Å². The molecule has 1 aliphatic rings. The summed E-state index contributed by atoms with van der Waals surface area (Å²) in [6.07, 6.45) is 5.48. The Morgan fingerprint density at radius 1 is 1.22 bits per heavy atom. The number of esters is 1. The maximum atomic E-state index is 12.0. The van der Waals surface area contributed by atoms with Crippen molar-refractivity contribution < 1.29 is 9.53 Å². The lowest BCUT2D eigenvalue weighted by atomic mass is 9.84. The van der Waals surface area contributed by atoms with Gasteiger partial charge in [0.05, 0.1) is 5.56 Å². The molecule has 1 fully saturated rings. The predicted octanol–water partition coefficient (Wildman–Crippen LogP) is 2.75. The smallest absolute Gasteiger partial charge is 0.338 e. The Morgan fingerprint density at radius 2 is 1.94 bits per heavy atom. The van der Waals surface area contributed by atoms with Crippen LogP contribution in [0.25, 0.3) is 0 Å². The number of carbonyl (C=O) groups excluding carboxylic acids is 1. The average Bonchev–Trinajstić information content (AvgIpc) is 2.42. The maximum Gasteiger partial charge on any atom is 0.338 e. The monoisotopic (exact) mass is 247 g/mol. The zero-order valence-electron chi connectivity index (χ0n) is 10.7. The Kier molecular flexibility index (Phi) is 4.76. The third kappa shape index (κ3) is 3.33. The SMILES string of the molecule is NCC[C@@H]1CCCC[C@H]1OC(=O)c1ccccc1. The highest BCUT2D eigenvalue weighted by Crippen LogP contribution is 2.29. The number of nitrogens with two attached hydrogens (primary N) is 1. The fraction of sp³-hybridized carbons (Fsp3) is 0.533. The van der Waals surface area contributed by atoms with Gasteiger partial charge in [-0.15, -0.1) is 0 Å². The van der Waals surface area contributed by atoms with E-state index in [1.165, 1.54) is 6.42 Å². The molecule has 0 radical (unpaired) electrons. The second-order valence-corrected chi connectivity index (χ2v) is 4.93. The van der Waals surface area contributed by atoms with Crippen molar-refractivity contribution in [2.24, 2.45) is 11.7 Å². The number of rotatable bonds is 4. The Bertz CT molecular complexity index is 375. The van der Waals surface area contributed by atoms with E-state index in [1.54, 1.807) is 12.1 Å². The van der Waals surface area contributed by atoms with Crippen molar-refractivity contribution in [1.82, 2.24) is 0 Å². The average molecular weight is 247 g/mol. The van der Waals surface area contributed by atoms with Gasteiger partial charge >= 0.3 is 5.97 Å². The third-order valence-electron chi connectivity index (χ3n) is 3.64. The molecule has 1 aromatic carbocycles. The van der Waals surface area contributed by atoms with Gasteiger partial charge in [0.2, 0.25) is 0 Å². The summed E-state index contributed by atoms with van der Waals surface area (Å²) in [4.78, 5) is 12.0. The summed E-state index contributed by atoms with van der Waals surface area (Å²) in [7, 11) is 0.